The van der Waals surface area contributed by atoms with Crippen LogP contribution in [0.3, 0.4) is 0 Å². The fourth-order valence-electron chi connectivity index (χ4n) is 2.54. The van der Waals surface area contributed by atoms with Crippen molar-refractivity contribution in [3.63, 3.8) is 0 Å². The summed E-state index contributed by atoms with van der Waals surface area (Å²) in [5.41, 5.74) is 0.535. The van der Waals surface area contributed by atoms with Gasteiger partial charge in [-0.25, -0.2) is 0 Å². The SMILES string of the molecule is C=CCN(Cc1ccc(Cl)s1)C(=O)COc1cccc(NC(=O)c2ccco2)c1. The minimum Gasteiger partial charge on any atom is -0.484 e. The largest absolute Gasteiger partial charge is 0.484 e. The number of carbonyl (C=O) groups excluding carboxylic acids is 2. The summed E-state index contributed by atoms with van der Waals surface area (Å²) in [5, 5.41) is 2.72. The number of benzene rings is 1. The van der Waals surface area contributed by atoms with Gasteiger partial charge in [-0.15, -0.1) is 17.9 Å². The molecule has 0 saturated heterocycles. The molecule has 8 heteroatoms. The van der Waals surface area contributed by atoms with Crippen LogP contribution >= 0.6 is 22.9 Å². The summed E-state index contributed by atoms with van der Waals surface area (Å²) < 4.78 is 11.4. The highest BCUT2D eigenvalue weighted by Crippen LogP contribution is 2.23. The first kappa shape index (κ1) is 20.7. The molecule has 1 N–H and O–H groups in total. The van der Waals surface area contributed by atoms with Crippen LogP contribution in [0.1, 0.15) is 15.4 Å². The maximum Gasteiger partial charge on any atom is 0.291 e. The number of amides is 2. The molecule has 0 spiro atoms. The standard InChI is InChI=1S/C21H19ClN2O4S/c1-2-10-24(13-17-8-9-19(22)29-17)20(25)14-28-16-6-3-5-15(12-16)23-21(26)18-7-4-11-27-18/h2-9,11-12H,1,10,13-14H2,(H,23,26). The van der Waals surface area contributed by atoms with Gasteiger partial charge in [-0.3, -0.25) is 9.59 Å². The first-order valence-electron chi connectivity index (χ1n) is 8.76. The molecule has 0 radical (unpaired) electrons. The van der Waals surface area contributed by atoms with Crippen molar-refractivity contribution in [2.24, 2.45) is 0 Å². The van der Waals surface area contributed by atoms with Gasteiger partial charge in [-0.2, -0.15) is 0 Å². The predicted molar refractivity (Wildman–Crippen MR) is 114 cm³/mol. The van der Waals surface area contributed by atoms with Gasteiger partial charge in [0.05, 0.1) is 17.1 Å². The maximum atomic E-state index is 12.6. The van der Waals surface area contributed by atoms with Crippen molar-refractivity contribution in [3.8, 4) is 5.75 Å². The third-order valence-electron chi connectivity index (χ3n) is 3.88. The molecule has 2 heterocycles. The smallest absolute Gasteiger partial charge is 0.291 e. The second-order valence-electron chi connectivity index (χ2n) is 6.02. The average Bonchev–Trinajstić information content (AvgIpc) is 3.38. The molecule has 2 aromatic heterocycles. The summed E-state index contributed by atoms with van der Waals surface area (Å²) in [5.74, 6) is 0.128. The maximum absolute atomic E-state index is 12.6. The van der Waals surface area contributed by atoms with E-state index in [1.165, 1.54) is 17.6 Å². The summed E-state index contributed by atoms with van der Waals surface area (Å²) in [4.78, 5) is 27.3. The molecule has 3 rings (SSSR count). The molecule has 1 aromatic carbocycles. The van der Waals surface area contributed by atoms with E-state index >= 15 is 0 Å². The van der Waals surface area contributed by atoms with E-state index in [2.05, 4.69) is 11.9 Å². The Hall–Kier alpha value is -3.03. The topological polar surface area (TPSA) is 71.8 Å². The van der Waals surface area contributed by atoms with Crippen LogP contribution in [0.15, 0.2) is 71.9 Å². The fourth-order valence-corrected chi connectivity index (χ4v) is 3.64. The zero-order valence-electron chi connectivity index (χ0n) is 15.5. The van der Waals surface area contributed by atoms with Crippen LogP contribution in [0.25, 0.3) is 0 Å². The van der Waals surface area contributed by atoms with Gasteiger partial charge in [-0.05, 0) is 36.4 Å². The van der Waals surface area contributed by atoms with Crippen LogP contribution in [0, 0.1) is 0 Å². The number of carbonyl (C=O) groups is 2. The number of hydrogen-bond donors (Lipinski definition) is 1. The van der Waals surface area contributed by atoms with Crippen molar-refractivity contribution in [3.05, 3.63) is 82.4 Å². The van der Waals surface area contributed by atoms with Crippen molar-refractivity contribution in [1.29, 1.82) is 0 Å². The number of nitrogens with one attached hydrogen (secondary N) is 1. The number of nitrogens with zero attached hydrogens (tertiary/aromatic N) is 1. The number of hydrogen-bond acceptors (Lipinski definition) is 5. The Balaban J connectivity index is 1.58. The predicted octanol–water partition coefficient (Wildman–Crippen LogP) is 4.84. The number of halogens is 1. The highest BCUT2D eigenvalue weighted by molar-refractivity contribution is 7.16. The minimum atomic E-state index is -0.366. The van der Waals surface area contributed by atoms with E-state index in [1.807, 2.05) is 6.07 Å². The molecular formula is C21H19ClN2O4S. The van der Waals surface area contributed by atoms with Crippen molar-refractivity contribution < 1.29 is 18.7 Å². The molecular weight excluding hydrogens is 412 g/mol. The third kappa shape index (κ3) is 5.97. The summed E-state index contributed by atoms with van der Waals surface area (Å²) >= 11 is 7.39. The molecule has 0 atom stereocenters. The molecule has 0 saturated carbocycles. The van der Waals surface area contributed by atoms with Crippen molar-refractivity contribution >= 4 is 40.4 Å². The molecule has 0 unspecified atom stereocenters. The summed E-state index contributed by atoms with van der Waals surface area (Å²) in [7, 11) is 0. The van der Waals surface area contributed by atoms with Gasteiger partial charge in [0.2, 0.25) is 0 Å². The Morgan fingerprint density at radius 2 is 2.10 bits per heavy atom. The van der Waals surface area contributed by atoms with Crippen LogP contribution in [0.4, 0.5) is 5.69 Å². The molecule has 0 fully saturated rings. The monoisotopic (exact) mass is 430 g/mol. The van der Waals surface area contributed by atoms with E-state index in [0.29, 0.717) is 28.9 Å². The summed E-state index contributed by atoms with van der Waals surface area (Å²) in [6.07, 6.45) is 3.09. The lowest BCUT2D eigenvalue weighted by molar-refractivity contribution is -0.133. The lowest BCUT2D eigenvalue weighted by atomic mass is 10.3. The lowest BCUT2D eigenvalue weighted by Gasteiger charge is -2.20. The van der Waals surface area contributed by atoms with Gasteiger partial charge in [0.15, 0.2) is 12.4 Å². The van der Waals surface area contributed by atoms with E-state index in [9.17, 15) is 9.59 Å². The van der Waals surface area contributed by atoms with E-state index < -0.39 is 0 Å². The van der Waals surface area contributed by atoms with Crippen molar-refractivity contribution in [1.82, 2.24) is 4.90 Å². The normalized spacial score (nSPS) is 10.4. The molecule has 0 aliphatic heterocycles. The van der Waals surface area contributed by atoms with Crippen LogP contribution in [0.5, 0.6) is 5.75 Å². The Labute approximate surface area is 177 Å². The Morgan fingerprint density at radius 1 is 1.24 bits per heavy atom. The quantitative estimate of drug-likeness (QED) is 0.493. The Morgan fingerprint density at radius 3 is 2.79 bits per heavy atom. The highest BCUT2D eigenvalue weighted by Gasteiger charge is 2.15. The zero-order valence-corrected chi connectivity index (χ0v) is 17.0. The molecule has 0 aliphatic carbocycles. The van der Waals surface area contributed by atoms with Gasteiger partial charge < -0.3 is 19.4 Å². The van der Waals surface area contributed by atoms with Gasteiger partial charge in [0.1, 0.15) is 5.75 Å². The molecule has 2 amide bonds. The number of furan rings is 1. The van der Waals surface area contributed by atoms with Crippen molar-refractivity contribution in [2.75, 3.05) is 18.5 Å². The number of rotatable bonds is 9. The zero-order chi connectivity index (χ0) is 20.6. The van der Waals surface area contributed by atoms with Crippen LogP contribution in [-0.4, -0.2) is 29.9 Å². The van der Waals surface area contributed by atoms with E-state index in [1.54, 1.807) is 53.4 Å². The second-order valence-corrected chi connectivity index (χ2v) is 7.82. The fraction of sp³-hybridized carbons (Fsp3) is 0.143. The summed E-state index contributed by atoms with van der Waals surface area (Å²) in [6, 6.07) is 13.7. The first-order chi connectivity index (χ1) is 14.0. The minimum absolute atomic E-state index is 0.136. The third-order valence-corrected chi connectivity index (χ3v) is 5.09. The van der Waals surface area contributed by atoms with Crippen LogP contribution < -0.4 is 10.1 Å². The second kappa shape index (κ2) is 9.95. The van der Waals surface area contributed by atoms with E-state index in [-0.39, 0.29) is 24.2 Å². The highest BCUT2D eigenvalue weighted by atomic mass is 35.5. The van der Waals surface area contributed by atoms with Crippen LogP contribution in [-0.2, 0) is 11.3 Å². The van der Waals surface area contributed by atoms with E-state index in [4.69, 9.17) is 20.8 Å². The van der Waals surface area contributed by atoms with Gasteiger partial charge in [0, 0.05) is 23.2 Å². The Kier molecular flexibility index (Phi) is 7.10. The molecule has 0 aliphatic rings. The Bertz CT molecular complexity index is 984. The summed E-state index contributed by atoms with van der Waals surface area (Å²) in [6.45, 7) is 4.40. The molecule has 150 valence electrons. The van der Waals surface area contributed by atoms with Gasteiger partial charge in [-0.1, -0.05) is 23.7 Å². The molecule has 3 aromatic rings. The first-order valence-corrected chi connectivity index (χ1v) is 9.95. The van der Waals surface area contributed by atoms with Gasteiger partial charge >= 0.3 is 0 Å². The molecule has 6 nitrogen and oxygen atoms in total. The van der Waals surface area contributed by atoms with Gasteiger partial charge in [0.25, 0.3) is 11.8 Å². The number of anilines is 1. The van der Waals surface area contributed by atoms with Crippen molar-refractivity contribution in [2.45, 2.75) is 6.54 Å². The number of thiophene rings is 1. The molecule has 0 bridgehead atoms. The molecule has 29 heavy (non-hydrogen) atoms. The van der Waals surface area contributed by atoms with Crippen LogP contribution in [0.2, 0.25) is 4.34 Å². The number of ether oxygens (including phenoxy) is 1. The average molecular weight is 431 g/mol. The lowest BCUT2D eigenvalue weighted by Crippen LogP contribution is -2.34. The van der Waals surface area contributed by atoms with E-state index in [0.717, 1.165) is 4.88 Å².